The van der Waals surface area contributed by atoms with E-state index in [1.807, 2.05) is 0 Å². The highest BCUT2D eigenvalue weighted by molar-refractivity contribution is 9.11. The van der Waals surface area contributed by atoms with Crippen LogP contribution in [0.5, 0.6) is 0 Å². The van der Waals surface area contributed by atoms with E-state index in [0.717, 1.165) is 8.95 Å². The fraction of sp³-hybridized carbons (Fsp3) is 0.0714. The van der Waals surface area contributed by atoms with Crippen LogP contribution in [-0.4, -0.2) is 18.9 Å². The molecule has 0 fully saturated rings. The van der Waals surface area contributed by atoms with E-state index < -0.39 is 16.0 Å². The zero-order valence-corrected chi connectivity index (χ0v) is 15.3. The number of halogens is 2. The highest BCUT2D eigenvalue weighted by Crippen LogP contribution is 2.23. The normalized spacial score (nSPS) is 11.3. The molecule has 1 amide bonds. The summed E-state index contributed by atoms with van der Waals surface area (Å²) in [4.78, 5) is 12.0. The molecule has 2 aromatic carbocycles. The van der Waals surface area contributed by atoms with E-state index in [1.54, 1.807) is 31.2 Å². The molecule has 116 valence electrons. The van der Waals surface area contributed by atoms with E-state index in [4.69, 9.17) is 4.55 Å². The second-order valence-corrected chi connectivity index (χ2v) is 7.79. The minimum absolute atomic E-state index is 0.235. The van der Waals surface area contributed by atoms with Gasteiger partial charge in [-0.2, -0.15) is 8.42 Å². The molecule has 8 heteroatoms. The van der Waals surface area contributed by atoms with Gasteiger partial charge in [0.2, 0.25) is 0 Å². The van der Waals surface area contributed by atoms with Gasteiger partial charge in [-0.15, -0.1) is 0 Å². The Morgan fingerprint density at radius 1 is 1.09 bits per heavy atom. The van der Waals surface area contributed by atoms with E-state index in [2.05, 4.69) is 37.2 Å². The Balaban J connectivity index is 2.33. The molecule has 0 saturated carbocycles. The van der Waals surface area contributed by atoms with Crippen molar-refractivity contribution in [1.82, 2.24) is 0 Å². The maximum absolute atomic E-state index is 12.2. The predicted octanol–water partition coefficient (Wildman–Crippen LogP) is 4.02. The molecule has 2 aromatic rings. The van der Waals surface area contributed by atoms with Crippen LogP contribution in [0.4, 0.5) is 5.69 Å². The molecule has 0 atom stereocenters. The fourth-order valence-electron chi connectivity index (χ4n) is 1.84. The van der Waals surface area contributed by atoms with Gasteiger partial charge in [-0.3, -0.25) is 9.35 Å². The first-order chi connectivity index (χ1) is 10.2. The highest BCUT2D eigenvalue weighted by atomic mass is 79.9. The van der Waals surface area contributed by atoms with Gasteiger partial charge in [0.25, 0.3) is 16.0 Å². The fourth-order valence-corrected chi connectivity index (χ4v) is 3.89. The summed E-state index contributed by atoms with van der Waals surface area (Å²) in [6.07, 6.45) is 0. The van der Waals surface area contributed by atoms with Crippen LogP contribution >= 0.6 is 31.9 Å². The summed E-state index contributed by atoms with van der Waals surface area (Å²) in [5.74, 6) is -0.396. The molecule has 0 heterocycles. The summed E-state index contributed by atoms with van der Waals surface area (Å²) in [5.41, 5.74) is 1.07. The number of nitrogens with one attached hydrogen (secondary N) is 1. The lowest BCUT2D eigenvalue weighted by molar-refractivity contribution is 0.102. The Hall–Kier alpha value is -1.22. The van der Waals surface area contributed by atoms with Crippen molar-refractivity contribution in [3.8, 4) is 0 Å². The van der Waals surface area contributed by atoms with Gasteiger partial charge in [0.1, 0.15) is 0 Å². The van der Waals surface area contributed by atoms with Crippen molar-refractivity contribution < 1.29 is 17.8 Å². The van der Waals surface area contributed by atoms with Crippen molar-refractivity contribution in [2.45, 2.75) is 11.8 Å². The molecule has 5 nitrogen and oxygen atoms in total. The first-order valence-electron chi connectivity index (χ1n) is 6.02. The number of aryl methyl sites for hydroxylation is 1. The van der Waals surface area contributed by atoms with E-state index in [0.29, 0.717) is 11.1 Å². The third-order valence-electron chi connectivity index (χ3n) is 2.85. The summed E-state index contributed by atoms with van der Waals surface area (Å²) in [6.45, 7) is 1.56. The average molecular weight is 449 g/mol. The third kappa shape index (κ3) is 4.16. The minimum Gasteiger partial charge on any atom is -0.322 e. The molecule has 0 unspecified atom stereocenters. The molecule has 0 saturated heterocycles. The molecule has 2 N–H and O–H groups in total. The van der Waals surface area contributed by atoms with E-state index in [1.165, 1.54) is 12.1 Å². The number of benzene rings is 2. The molecule has 0 aliphatic carbocycles. The first-order valence-corrected chi connectivity index (χ1v) is 9.05. The Morgan fingerprint density at radius 2 is 1.68 bits per heavy atom. The van der Waals surface area contributed by atoms with Gasteiger partial charge in [-0.05, 0) is 42.8 Å². The molecular formula is C14H11Br2NO4S. The maximum atomic E-state index is 12.2. The standard InChI is InChI=1S/C14H11Br2NO4S/c1-8-2-3-12(7-13(8)22(19,20)21)17-14(18)9-4-10(15)6-11(16)5-9/h2-7H,1H3,(H,17,18)(H,19,20,21). The second-order valence-electron chi connectivity index (χ2n) is 4.57. The predicted molar refractivity (Wildman–Crippen MR) is 90.8 cm³/mol. The van der Waals surface area contributed by atoms with Crippen molar-refractivity contribution in [2.75, 3.05) is 5.32 Å². The SMILES string of the molecule is Cc1ccc(NC(=O)c2cc(Br)cc(Br)c2)cc1S(=O)(=O)O. The maximum Gasteiger partial charge on any atom is 0.294 e. The zero-order valence-electron chi connectivity index (χ0n) is 11.3. The summed E-state index contributed by atoms with van der Waals surface area (Å²) < 4.78 is 33.2. The smallest absolute Gasteiger partial charge is 0.294 e. The molecule has 0 aromatic heterocycles. The van der Waals surface area contributed by atoms with E-state index in [-0.39, 0.29) is 10.6 Å². The van der Waals surface area contributed by atoms with Gasteiger partial charge in [0.15, 0.2) is 0 Å². The minimum atomic E-state index is -4.34. The number of carbonyl (C=O) groups is 1. The van der Waals surface area contributed by atoms with Gasteiger partial charge in [-0.25, -0.2) is 0 Å². The average Bonchev–Trinajstić information content (AvgIpc) is 2.38. The van der Waals surface area contributed by atoms with Crippen molar-refractivity contribution in [1.29, 1.82) is 0 Å². The number of amides is 1. The molecule has 0 radical (unpaired) electrons. The van der Waals surface area contributed by atoms with Crippen LogP contribution in [0.2, 0.25) is 0 Å². The second kappa shape index (κ2) is 6.49. The molecular weight excluding hydrogens is 438 g/mol. The number of hydrogen-bond donors (Lipinski definition) is 2. The Bertz CT molecular complexity index is 830. The molecule has 0 aliphatic rings. The van der Waals surface area contributed by atoms with Gasteiger partial charge in [-0.1, -0.05) is 37.9 Å². The summed E-state index contributed by atoms with van der Waals surface area (Å²) in [7, 11) is -4.34. The van der Waals surface area contributed by atoms with E-state index >= 15 is 0 Å². The topological polar surface area (TPSA) is 83.5 Å². The van der Waals surface area contributed by atoms with Crippen LogP contribution in [0.25, 0.3) is 0 Å². The van der Waals surface area contributed by atoms with Gasteiger partial charge >= 0.3 is 0 Å². The van der Waals surface area contributed by atoms with E-state index in [9.17, 15) is 13.2 Å². The van der Waals surface area contributed by atoms with Crippen LogP contribution in [0.3, 0.4) is 0 Å². The Morgan fingerprint density at radius 3 is 2.23 bits per heavy atom. The van der Waals surface area contributed by atoms with Gasteiger partial charge in [0, 0.05) is 20.2 Å². The molecule has 22 heavy (non-hydrogen) atoms. The summed E-state index contributed by atoms with van der Waals surface area (Å²) in [6, 6.07) is 9.36. The van der Waals surface area contributed by atoms with Crippen LogP contribution < -0.4 is 5.32 Å². The number of hydrogen-bond acceptors (Lipinski definition) is 3. The lowest BCUT2D eigenvalue weighted by Crippen LogP contribution is -2.13. The van der Waals surface area contributed by atoms with Crippen molar-refractivity contribution in [2.24, 2.45) is 0 Å². The molecule has 0 aliphatic heterocycles. The number of rotatable bonds is 3. The van der Waals surface area contributed by atoms with Crippen molar-refractivity contribution >= 4 is 53.6 Å². The van der Waals surface area contributed by atoms with Crippen LogP contribution in [-0.2, 0) is 10.1 Å². The monoisotopic (exact) mass is 447 g/mol. The van der Waals surface area contributed by atoms with Gasteiger partial charge in [0.05, 0.1) is 4.90 Å². The lowest BCUT2D eigenvalue weighted by atomic mass is 10.2. The van der Waals surface area contributed by atoms with Crippen LogP contribution in [0, 0.1) is 6.92 Å². The van der Waals surface area contributed by atoms with Crippen molar-refractivity contribution in [3.63, 3.8) is 0 Å². The Labute approximate surface area is 144 Å². The first kappa shape index (κ1) is 17.1. The number of anilines is 1. The highest BCUT2D eigenvalue weighted by Gasteiger charge is 2.15. The van der Waals surface area contributed by atoms with Crippen LogP contribution in [0.15, 0.2) is 50.2 Å². The van der Waals surface area contributed by atoms with Crippen LogP contribution in [0.1, 0.15) is 15.9 Å². The molecule has 2 rings (SSSR count). The quantitative estimate of drug-likeness (QED) is 0.694. The lowest BCUT2D eigenvalue weighted by Gasteiger charge is -2.09. The van der Waals surface area contributed by atoms with Gasteiger partial charge < -0.3 is 5.32 Å². The number of carbonyl (C=O) groups excluding carboxylic acids is 1. The summed E-state index contributed by atoms with van der Waals surface area (Å²) in [5, 5.41) is 2.60. The largest absolute Gasteiger partial charge is 0.322 e. The molecule has 0 bridgehead atoms. The van der Waals surface area contributed by atoms with Crippen molar-refractivity contribution in [3.05, 3.63) is 56.5 Å². The zero-order chi connectivity index (χ0) is 16.5. The molecule has 0 spiro atoms. The Kier molecular flexibility index (Phi) is 5.06. The third-order valence-corrected chi connectivity index (χ3v) is 4.76. The summed E-state index contributed by atoms with van der Waals surface area (Å²) >= 11 is 6.58.